The molecule has 0 spiro atoms. The Kier molecular flexibility index (Phi) is 7.49. The monoisotopic (exact) mass is 491 g/mol. The van der Waals surface area contributed by atoms with Gasteiger partial charge in [0.2, 0.25) is 5.91 Å². The average Bonchev–Trinajstić information content (AvgIpc) is 3.12. The Bertz CT molecular complexity index is 1020. The Balaban J connectivity index is 1.30. The Morgan fingerprint density at radius 1 is 0.971 bits per heavy atom. The molecule has 2 saturated heterocycles. The van der Waals surface area contributed by atoms with Gasteiger partial charge in [0.05, 0.1) is 24.8 Å². The van der Waals surface area contributed by atoms with Crippen LogP contribution >= 0.6 is 0 Å². The Morgan fingerprint density at radius 3 is 2.20 bits per heavy atom. The molecule has 1 atom stereocenters. The maximum absolute atomic E-state index is 13.1. The first-order chi connectivity index (χ1) is 16.7. The number of nitrogens with one attached hydrogen (secondary N) is 1. The number of hydrogen-bond acceptors (Lipinski definition) is 6. The Hall–Kier alpha value is -3.27. The third-order valence-electron chi connectivity index (χ3n) is 6.12. The van der Waals surface area contributed by atoms with Crippen LogP contribution in [0.15, 0.2) is 48.5 Å². The van der Waals surface area contributed by atoms with E-state index in [0.29, 0.717) is 36.8 Å². The van der Waals surface area contributed by atoms with Crippen LogP contribution in [0.5, 0.6) is 11.5 Å². The molecule has 7 nitrogen and oxygen atoms in total. The van der Waals surface area contributed by atoms with E-state index in [1.807, 2.05) is 11.8 Å². The van der Waals surface area contributed by atoms with Crippen molar-refractivity contribution in [2.24, 2.45) is 0 Å². The van der Waals surface area contributed by atoms with Gasteiger partial charge in [-0.05, 0) is 67.8 Å². The van der Waals surface area contributed by atoms with Crippen LogP contribution in [0, 0.1) is 0 Å². The van der Waals surface area contributed by atoms with Gasteiger partial charge < -0.3 is 14.8 Å². The predicted octanol–water partition coefficient (Wildman–Crippen LogP) is 4.58. The number of hydrogen-bond donors (Lipinski definition) is 1. The first-order valence-electron chi connectivity index (χ1n) is 11.7. The summed E-state index contributed by atoms with van der Waals surface area (Å²) in [4.78, 5) is 29.1. The molecule has 35 heavy (non-hydrogen) atoms. The summed E-state index contributed by atoms with van der Waals surface area (Å²) in [7, 11) is 0. The largest absolute Gasteiger partial charge is 0.573 e. The molecular weight excluding hydrogens is 463 g/mol. The molecule has 2 aromatic carbocycles. The van der Waals surface area contributed by atoms with Crippen molar-refractivity contribution in [3.8, 4) is 11.5 Å². The normalized spacial score (nSPS) is 19.8. The van der Waals surface area contributed by atoms with Gasteiger partial charge in [0.15, 0.2) is 0 Å². The molecule has 10 heteroatoms. The van der Waals surface area contributed by atoms with Crippen molar-refractivity contribution in [3.63, 3.8) is 0 Å². The number of anilines is 2. The molecule has 2 aromatic rings. The molecule has 2 fully saturated rings. The molecule has 0 bridgehead atoms. The topological polar surface area (TPSA) is 71.1 Å². The third-order valence-corrected chi connectivity index (χ3v) is 6.12. The standard InChI is InChI=1S/C25H28F3N3O4/c1-2-15-34-20-9-5-19(6-10-20)31-23(32)16-22(24(31)33)30-13-11-18(12-14-30)29-17-3-7-21(8-4-17)35-25(26,27)28/h3-10,18,22,29H,2,11-16H2,1H3. The van der Waals surface area contributed by atoms with Gasteiger partial charge in [-0.15, -0.1) is 13.2 Å². The number of likely N-dealkylation sites (tertiary alicyclic amines) is 1. The van der Waals surface area contributed by atoms with Gasteiger partial charge in [0, 0.05) is 24.8 Å². The first-order valence-corrected chi connectivity index (χ1v) is 11.7. The van der Waals surface area contributed by atoms with Gasteiger partial charge in [-0.3, -0.25) is 14.5 Å². The lowest BCUT2D eigenvalue weighted by Crippen LogP contribution is -2.48. The molecule has 0 saturated carbocycles. The first kappa shape index (κ1) is 24.8. The van der Waals surface area contributed by atoms with Crippen molar-refractivity contribution < 1.29 is 32.2 Å². The lowest BCUT2D eigenvalue weighted by molar-refractivity contribution is -0.274. The van der Waals surface area contributed by atoms with Gasteiger partial charge in [0.25, 0.3) is 5.91 Å². The van der Waals surface area contributed by atoms with Crippen LogP contribution in [0.2, 0.25) is 0 Å². The predicted molar refractivity (Wildman–Crippen MR) is 124 cm³/mol. The molecule has 2 aliphatic rings. The van der Waals surface area contributed by atoms with E-state index in [2.05, 4.69) is 10.1 Å². The second-order valence-electron chi connectivity index (χ2n) is 8.66. The van der Waals surface area contributed by atoms with Crippen LogP contribution in [0.25, 0.3) is 0 Å². The molecule has 2 amide bonds. The van der Waals surface area contributed by atoms with E-state index >= 15 is 0 Å². The highest BCUT2D eigenvalue weighted by Crippen LogP contribution is 2.30. The van der Waals surface area contributed by atoms with Crippen LogP contribution in [0.4, 0.5) is 24.5 Å². The summed E-state index contributed by atoms with van der Waals surface area (Å²) in [6.45, 7) is 3.89. The van der Waals surface area contributed by atoms with Crippen LogP contribution in [-0.4, -0.2) is 54.9 Å². The van der Waals surface area contributed by atoms with Crippen LogP contribution in [-0.2, 0) is 9.59 Å². The Morgan fingerprint density at radius 2 is 1.60 bits per heavy atom. The van der Waals surface area contributed by atoms with Gasteiger partial charge >= 0.3 is 6.36 Å². The summed E-state index contributed by atoms with van der Waals surface area (Å²) in [6, 6.07) is 12.2. The molecule has 1 N–H and O–H groups in total. The fourth-order valence-corrected chi connectivity index (χ4v) is 4.43. The van der Waals surface area contributed by atoms with E-state index < -0.39 is 12.4 Å². The fourth-order valence-electron chi connectivity index (χ4n) is 4.43. The van der Waals surface area contributed by atoms with Crippen molar-refractivity contribution in [2.75, 3.05) is 29.9 Å². The van der Waals surface area contributed by atoms with Crippen molar-refractivity contribution in [3.05, 3.63) is 48.5 Å². The van der Waals surface area contributed by atoms with E-state index in [4.69, 9.17) is 4.74 Å². The zero-order chi connectivity index (χ0) is 25.0. The van der Waals surface area contributed by atoms with Crippen molar-refractivity contribution in [1.29, 1.82) is 0 Å². The number of benzene rings is 2. The third kappa shape index (κ3) is 6.25. The van der Waals surface area contributed by atoms with Gasteiger partial charge in [-0.2, -0.15) is 0 Å². The highest BCUT2D eigenvalue weighted by Gasteiger charge is 2.43. The zero-order valence-corrected chi connectivity index (χ0v) is 19.4. The molecular formula is C25H28F3N3O4. The molecule has 2 aliphatic heterocycles. The van der Waals surface area contributed by atoms with Crippen molar-refractivity contribution >= 4 is 23.2 Å². The molecule has 188 valence electrons. The average molecular weight is 492 g/mol. The number of amides is 2. The quantitative estimate of drug-likeness (QED) is 0.545. The van der Waals surface area contributed by atoms with E-state index in [1.54, 1.807) is 36.4 Å². The SMILES string of the molecule is CCCOc1ccc(N2C(=O)CC(N3CCC(Nc4ccc(OC(F)(F)F)cc4)CC3)C2=O)cc1. The van der Waals surface area contributed by atoms with Gasteiger partial charge in [-0.1, -0.05) is 6.92 Å². The summed E-state index contributed by atoms with van der Waals surface area (Å²) < 4.78 is 46.4. The van der Waals surface area contributed by atoms with Gasteiger partial charge in [-0.25, -0.2) is 4.90 Å². The molecule has 2 heterocycles. The van der Waals surface area contributed by atoms with Crippen molar-refractivity contribution in [2.45, 2.75) is 51.1 Å². The number of piperidine rings is 1. The highest BCUT2D eigenvalue weighted by molar-refractivity contribution is 6.22. The number of carbonyl (C=O) groups excluding carboxylic acids is 2. The number of halogens is 3. The van der Waals surface area contributed by atoms with Crippen LogP contribution in [0.1, 0.15) is 32.6 Å². The minimum absolute atomic E-state index is 0.111. The summed E-state index contributed by atoms with van der Waals surface area (Å²) in [5, 5.41) is 3.32. The lowest BCUT2D eigenvalue weighted by atomic mass is 10.0. The molecule has 0 aromatic heterocycles. The number of nitrogens with zero attached hydrogens (tertiary/aromatic N) is 2. The number of alkyl halides is 3. The van der Waals surface area contributed by atoms with E-state index in [1.165, 1.54) is 17.0 Å². The zero-order valence-electron chi connectivity index (χ0n) is 19.4. The summed E-state index contributed by atoms with van der Waals surface area (Å²) in [5.41, 5.74) is 1.24. The van der Waals surface area contributed by atoms with Crippen LogP contribution < -0.4 is 19.7 Å². The highest BCUT2D eigenvalue weighted by atomic mass is 19.4. The summed E-state index contributed by atoms with van der Waals surface area (Å²) in [5.74, 6) is -0.00849. The van der Waals surface area contributed by atoms with Crippen LogP contribution in [0.3, 0.4) is 0 Å². The molecule has 1 unspecified atom stereocenters. The smallest absolute Gasteiger partial charge is 0.494 e. The maximum atomic E-state index is 13.1. The molecule has 0 aliphatic carbocycles. The second kappa shape index (κ2) is 10.6. The number of ether oxygens (including phenoxy) is 2. The Labute approximate surface area is 201 Å². The van der Waals surface area contributed by atoms with E-state index in [9.17, 15) is 22.8 Å². The van der Waals surface area contributed by atoms with Gasteiger partial charge in [0.1, 0.15) is 11.5 Å². The maximum Gasteiger partial charge on any atom is 0.573 e. The molecule has 4 rings (SSSR count). The summed E-state index contributed by atoms with van der Waals surface area (Å²) in [6.07, 6.45) is -2.21. The minimum atomic E-state index is -4.72. The molecule has 0 radical (unpaired) electrons. The fraction of sp³-hybridized carbons (Fsp3) is 0.440. The minimum Gasteiger partial charge on any atom is -0.494 e. The van der Waals surface area contributed by atoms with E-state index in [0.717, 1.165) is 19.3 Å². The number of carbonyl (C=O) groups is 2. The number of imide groups is 1. The van der Waals surface area contributed by atoms with Crippen molar-refractivity contribution in [1.82, 2.24) is 4.90 Å². The second-order valence-corrected chi connectivity index (χ2v) is 8.66. The number of rotatable bonds is 8. The van der Waals surface area contributed by atoms with E-state index in [-0.39, 0.29) is 30.0 Å². The lowest BCUT2D eigenvalue weighted by Gasteiger charge is -2.35. The summed E-state index contributed by atoms with van der Waals surface area (Å²) >= 11 is 0.